The number of alkyl halides is 2. The summed E-state index contributed by atoms with van der Waals surface area (Å²) < 4.78 is 33.3. The summed E-state index contributed by atoms with van der Waals surface area (Å²) in [5, 5.41) is 3.29. The molecule has 0 saturated carbocycles. The number of halogens is 2. The van der Waals surface area contributed by atoms with Crippen LogP contribution in [0.5, 0.6) is 0 Å². The minimum absolute atomic E-state index is 0.278. The van der Waals surface area contributed by atoms with Crippen LogP contribution in [0.2, 0.25) is 0 Å². The first-order chi connectivity index (χ1) is 17.2. The predicted molar refractivity (Wildman–Crippen MR) is 140 cm³/mol. The zero-order chi connectivity index (χ0) is 25.4. The summed E-state index contributed by atoms with van der Waals surface area (Å²) in [6, 6.07) is 11.4. The maximum absolute atomic E-state index is 13.8. The number of anilines is 2. The summed E-state index contributed by atoms with van der Waals surface area (Å²) in [7, 11) is 0. The maximum atomic E-state index is 13.8. The van der Waals surface area contributed by atoms with Gasteiger partial charge in [0.25, 0.3) is 5.92 Å². The normalized spacial score (nSPS) is 19.4. The van der Waals surface area contributed by atoms with Crippen LogP contribution in [0, 0.1) is 12.8 Å². The van der Waals surface area contributed by atoms with Crippen molar-refractivity contribution in [2.24, 2.45) is 5.92 Å². The molecule has 2 aliphatic heterocycles. The van der Waals surface area contributed by atoms with Gasteiger partial charge in [-0.15, -0.1) is 0 Å². The van der Waals surface area contributed by atoms with Crippen LogP contribution in [0.4, 0.5) is 20.3 Å². The van der Waals surface area contributed by atoms with Crippen molar-refractivity contribution < 1.29 is 13.5 Å². The van der Waals surface area contributed by atoms with E-state index in [1.807, 2.05) is 12.3 Å². The van der Waals surface area contributed by atoms with Crippen LogP contribution in [-0.2, 0) is 10.7 Å². The lowest BCUT2D eigenvalue weighted by Crippen LogP contribution is -2.42. The number of aromatic nitrogens is 2. The van der Waals surface area contributed by atoms with Crippen LogP contribution < -0.4 is 10.2 Å². The van der Waals surface area contributed by atoms with Gasteiger partial charge in [0, 0.05) is 67.4 Å². The molecule has 5 nitrogen and oxygen atoms in total. The van der Waals surface area contributed by atoms with Gasteiger partial charge in [0.05, 0.1) is 6.61 Å². The number of benzene rings is 1. The highest BCUT2D eigenvalue weighted by Gasteiger charge is 2.36. The summed E-state index contributed by atoms with van der Waals surface area (Å²) in [4.78, 5) is 11.1. The largest absolute Gasteiger partial charge is 0.381 e. The van der Waals surface area contributed by atoms with Gasteiger partial charge in [0.2, 0.25) is 0 Å². The Kier molecular flexibility index (Phi) is 6.51. The Morgan fingerprint density at radius 2 is 2.06 bits per heavy atom. The molecule has 2 aliphatic rings. The van der Waals surface area contributed by atoms with Crippen LogP contribution in [0.3, 0.4) is 0 Å². The fraction of sp³-hybridized carbons (Fsp3) is 0.379. The molecular weight excluding hydrogens is 458 g/mol. The van der Waals surface area contributed by atoms with Crippen molar-refractivity contribution in [2.75, 3.05) is 36.5 Å². The summed E-state index contributed by atoms with van der Waals surface area (Å²) >= 11 is 0. The van der Waals surface area contributed by atoms with E-state index in [1.165, 1.54) is 17.8 Å². The van der Waals surface area contributed by atoms with Crippen LogP contribution in [0.25, 0.3) is 16.8 Å². The first-order valence-electron chi connectivity index (χ1n) is 12.5. The van der Waals surface area contributed by atoms with E-state index in [9.17, 15) is 8.78 Å². The Hall–Kier alpha value is -3.32. The Labute approximate surface area is 211 Å². The zero-order valence-electron chi connectivity index (χ0n) is 21.0. The number of hydrogen-bond acceptors (Lipinski definition) is 5. The molecule has 2 aromatic heterocycles. The highest BCUT2D eigenvalue weighted by Crippen LogP contribution is 2.43. The van der Waals surface area contributed by atoms with Crippen molar-refractivity contribution in [2.45, 2.75) is 39.0 Å². The molecule has 1 saturated heterocycles. The Balaban J connectivity index is 1.45. The van der Waals surface area contributed by atoms with Crippen molar-refractivity contribution in [3.05, 3.63) is 77.8 Å². The predicted octanol–water partition coefficient (Wildman–Crippen LogP) is 6.61. The first kappa shape index (κ1) is 24.4. The Morgan fingerprint density at radius 1 is 1.22 bits per heavy atom. The topological polar surface area (TPSA) is 50.3 Å². The smallest absolute Gasteiger partial charge is 0.286 e. The molecule has 1 N–H and O–H groups in total. The van der Waals surface area contributed by atoms with Crippen LogP contribution in [0.15, 0.2) is 55.4 Å². The summed E-state index contributed by atoms with van der Waals surface area (Å²) in [5.74, 6) is -0.973. The van der Waals surface area contributed by atoms with Gasteiger partial charge >= 0.3 is 0 Å². The molecule has 188 valence electrons. The number of ether oxygens (including phenoxy) is 1. The van der Waals surface area contributed by atoms with Gasteiger partial charge in [-0.3, -0.25) is 4.98 Å². The summed E-state index contributed by atoms with van der Waals surface area (Å²) in [6.07, 6.45) is 4.36. The minimum Gasteiger partial charge on any atom is -0.381 e. The van der Waals surface area contributed by atoms with Gasteiger partial charge in [-0.05, 0) is 73.2 Å². The van der Waals surface area contributed by atoms with Gasteiger partial charge in [-0.1, -0.05) is 12.6 Å². The van der Waals surface area contributed by atoms with Gasteiger partial charge in [0.15, 0.2) is 0 Å². The van der Waals surface area contributed by atoms with E-state index >= 15 is 0 Å². The monoisotopic (exact) mass is 490 g/mol. The van der Waals surface area contributed by atoms with Gasteiger partial charge in [0.1, 0.15) is 11.5 Å². The molecule has 0 bridgehead atoms. The highest BCUT2D eigenvalue weighted by atomic mass is 19.3. The Bertz CT molecular complexity index is 1290. The van der Waals surface area contributed by atoms with Gasteiger partial charge < -0.3 is 15.0 Å². The van der Waals surface area contributed by atoms with Crippen LogP contribution >= 0.6 is 0 Å². The Morgan fingerprint density at radius 3 is 2.83 bits per heavy atom. The van der Waals surface area contributed by atoms with Crippen molar-refractivity contribution >= 4 is 17.2 Å². The fourth-order valence-electron chi connectivity index (χ4n) is 5.31. The number of aryl methyl sites for hydroxylation is 1. The van der Waals surface area contributed by atoms with Crippen molar-refractivity contribution in [3.8, 4) is 11.1 Å². The van der Waals surface area contributed by atoms with E-state index in [0.717, 1.165) is 67.8 Å². The molecule has 0 amide bonds. The molecule has 36 heavy (non-hydrogen) atoms. The number of fused-ring (bicyclic) bond motifs is 3. The SMILES string of the molecule is C=C(Nc1ccc(C)c(-c2cnc3c(c2)C2CCOC[C@H]2CN3CC)c1)c1ccnc(C(C)(F)F)c1. The average Bonchev–Trinajstić information content (AvgIpc) is 2.88. The first-order valence-corrected chi connectivity index (χ1v) is 12.5. The molecule has 1 unspecified atom stereocenters. The number of hydrogen-bond donors (Lipinski definition) is 1. The third-order valence-corrected chi connectivity index (χ3v) is 7.31. The second-order valence-corrected chi connectivity index (χ2v) is 9.86. The van der Waals surface area contributed by atoms with Gasteiger partial charge in [-0.2, -0.15) is 8.78 Å². The van der Waals surface area contributed by atoms with Crippen molar-refractivity contribution in [1.82, 2.24) is 9.97 Å². The van der Waals surface area contributed by atoms with E-state index < -0.39 is 5.92 Å². The molecule has 0 aliphatic carbocycles. The lowest BCUT2D eigenvalue weighted by molar-refractivity contribution is 0.0127. The van der Waals surface area contributed by atoms with Gasteiger partial charge in [-0.25, -0.2) is 4.98 Å². The third kappa shape index (κ3) is 4.72. The second kappa shape index (κ2) is 9.62. The van der Waals surface area contributed by atoms with E-state index in [2.05, 4.69) is 53.8 Å². The van der Waals surface area contributed by atoms with E-state index in [4.69, 9.17) is 9.72 Å². The molecular formula is C29H32F2N4O. The molecule has 3 aromatic rings. The standard InChI is InChI=1S/C29H32F2N4O/c1-5-35-16-22-17-36-11-9-24(22)26-12-21(15-33-28(26)35)25-14-23(7-6-18(25)2)34-19(3)20-8-10-32-27(13-20)29(4,30)31/h6-8,10,12-15,22,24,34H,3,5,9,11,16-17H2,1-2,4H3/t22-,24?/m1/s1. The van der Waals surface area contributed by atoms with Crippen molar-refractivity contribution in [3.63, 3.8) is 0 Å². The van der Waals surface area contributed by atoms with Crippen molar-refractivity contribution in [1.29, 1.82) is 0 Å². The molecule has 0 spiro atoms. The van der Waals surface area contributed by atoms with E-state index in [1.54, 1.807) is 6.07 Å². The molecule has 2 atom stereocenters. The molecule has 4 heterocycles. The summed E-state index contributed by atoms with van der Waals surface area (Å²) in [5.41, 5.74) is 6.25. The highest BCUT2D eigenvalue weighted by molar-refractivity contribution is 5.79. The average molecular weight is 491 g/mol. The third-order valence-electron chi connectivity index (χ3n) is 7.31. The summed E-state index contributed by atoms with van der Waals surface area (Å²) in [6.45, 7) is 12.7. The fourth-order valence-corrected chi connectivity index (χ4v) is 5.31. The van der Waals surface area contributed by atoms with E-state index in [-0.39, 0.29) is 5.69 Å². The molecule has 5 rings (SSSR count). The minimum atomic E-state index is -3.01. The lowest BCUT2D eigenvalue weighted by atomic mass is 9.79. The number of rotatable bonds is 6. The lowest BCUT2D eigenvalue weighted by Gasteiger charge is -2.42. The number of pyridine rings is 2. The van der Waals surface area contributed by atoms with Crippen LogP contribution in [-0.4, -0.2) is 36.3 Å². The maximum Gasteiger partial charge on any atom is 0.286 e. The zero-order valence-corrected chi connectivity index (χ0v) is 21.0. The quantitative estimate of drug-likeness (QED) is 0.422. The molecule has 7 heteroatoms. The number of nitrogens with one attached hydrogen (secondary N) is 1. The van der Waals surface area contributed by atoms with Crippen LogP contribution in [0.1, 0.15) is 48.6 Å². The molecule has 1 aromatic carbocycles. The van der Waals surface area contributed by atoms with E-state index in [0.29, 0.717) is 23.1 Å². The molecule has 0 radical (unpaired) electrons. The molecule has 1 fully saturated rings. The second-order valence-electron chi connectivity index (χ2n) is 9.86. The number of nitrogens with zero attached hydrogens (tertiary/aromatic N) is 3.